The van der Waals surface area contributed by atoms with Gasteiger partial charge in [0.1, 0.15) is 5.65 Å². The normalized spacial score (nSPS) is 22.4. The monoisotopic (exact) mass is 1230 g/mol. The number of halogens is 1. The van der Waals surface area contributed by atoms with Crippen LogP contribution in [0.3, 0.4) is 0 Å². The second-order valence-corrected chi connectivity index (χ2v) is 50.4. The van der Waals surface area contributed by atoms with E-state index in [1.54, 1.807) is 5.39 Å². The molecule has 6 heterocycles. The zero-order valence-corrected chi connectivity index (χ0v) is 54.7. The molecule has 2 saturated heterocycles. The summed E-state index contributed by atoms with van der Waals surface area (Å²) in [4.78, 5) is 15.9. The second kappa shape index (κ2) is 27.9. The van der Waals surface area contributed by atoms with Crippen molar-refractivity contribution < 1.29 is 9.47 Å². The molecule has 2 aliphatic heterocycles. The summed E-state index contributed by atoms with van der Waals surface area (Å²) in [5.41, 5.74) is 5.43. The molecule has 4 aliphatic rings. The summed E-state index contributed by atoms with van der Waals surface area (Å²) in [6.07, 6.45) is 30.5. The van der Waals surface area contributed by atoms with E-state index in [4.69, 9.17) is 19.4 Å². The zero-order chi connectivity index (χ0) is 51.9. The molecule has 2 aliphatic carbocycles. The molecule has 0 radical (unpaired) electrons. The third-order valence-corrected chi connectivity index (χ3v) is 46.3. The first-order valence-corrected chi connectivity index (χ1v) is 43.8. The average molecular weight is 1230 g/mol. The molecule has 0 N–H and O–H groups in total. The van der Waals surface area contributed by atoms with Gasteiger partial charge in [0, 0.05) is 48.0 Å². The Bertz CT molecular complexity index is 2280. The van der Waals surface area contributed by atoms with Crippen LogP contribution in [0.4, 0.5) is 0 Å². The fourth-order valence-electron chi connectivity index (χ4n) is 12.8. The van der Waals surface area contributed by atoms with Gasteiger partial charge in [0.2, 0.25) is 0 Å². The van der Waals surface area contributed by atoms with E-state index in [2.05, 4.69) is 160 Å². The van der Waals surface area contributed by atoms with E-state index in [1.807, 2.05) is 3.58 Å². The summed E-state index contributed by atoms with van der Waals surface area (Å²) in [7, 11) is -3.52. The van der Waals surface area contributed by atoms with Crippen molar-refractivity contribution in [3.63, 3.8) is 0 Å². The minimum atomic E-state index is -2.68. The van der Waals surface area contributed by atoms with Crippen molar-refractivity contribution in [1.82, 2.24) is 28.2 Å². The van der Waals surface area contributed by atoms with Crippen molar-refractivity contribution in [2.24, 2.45) is 0 Å². The van der Waals surface area contributed by atoms with Crippen LogP contribution in [0.15, 0.2) is 41.4 Å². The van der Waals surface area contributed by atoms with E-state index >= 15 is 0 Å². The molecule has 0 unspecified atom stereocenters. The standard InChI is InChI=1S/C24H38BrN3OSi.C24H38N3OSi.3C4H9.2CH4.Sn/c1-24(2,3)30(4,5)28-17-22(25)21-15-19(16-26-23(21)28)18-7-9-20(10-8-18)27-11-6-13-29-14-12-27;1-24(2,3)29(4,5)27-13-11-20-17-21(18-25-23(20)27)19-7-9-22(10-8-19)26-12-6-15-28-16-14-26;3*1-3-4-2;;;/h15-18,20H,6-14H2,1-5H3;13,17-19,22H,6-10,12,14-16H2,1-5H3;3*1,3-4H2,2H3;2*1H4;. The summed E-state index contributed by atoms with van der Waals surface area (Å²) in [5.74, 6) is 1.31. The van der Waals surface area contributed by atoms with E-state index in [9.17, 15) is 0 Å². The maximum atomic E-state index is 5.76. The number of pyridine rings is 2. The van der Waals surface area contributed by atoms with Crippen LogP contribution in [0.25, 0.3) is 22.1 Å². The van der Waals surface area contributed by atoms with Crippen LogP contribution in [0, 0.1) is 0 Å². The van der Waals surface area contributed by atoms with Gasteiger partial charge in [0.05, 0.1) is 6.61 Å². The zero-order valence-electron chi connectivity index (χ0n) is 48.2. The van der Waals surface area contributed by atoms with Crippen LogP contribution in [0.5, 0.6) is 0 Å². The van der Waals surface area contributed by atoms with Gasteiger partial charge < -0.3 is 8.97 Å². The number of ether oxygens (including phenoxy) is 2. The Morgan fingerprint density at radius 1 is 0.568 bits per heavy atom. The van der Waals surface area contributed by atoms with E-state index in [-0.39, 0.29) is 24.9 Å². The summed E-state index contributed by atoms with van der Waals surface area (Å²) in [6, 6.07) is 6.60. The Labute approximate surface area is 469 Å². The molecular weight excluding hydrogens is 1120 g/mol. The van der Waals surface area contributed by atoms with Gasteiger partial charge in [-0.1, -0.05) is 48.7 Å². The fourth-order valence-corrected chi connectivity index (χ4v) is 34.2. The van der Waals surface area contributed by atoms with E-state index in [1.165, 1.54) is 156 Å². The van der Waals surface area contributed by atoms with Crippen molar-refractivity contribution in [3.05, 3.63) is 52.5 Å². The number of hydrogen-bond donors (Lipinski definition) is 0. The van der Waals surface area contributed by atoms with Gasteiger partial charge in [-0.25, -0.2) is 4.98 Å². The van der Waals surface area contributed by atoms with Crippen LogP contribution < -0.4 is 3.58 Å². The quantitative estimate of drug-likeness (QED) is 0.104. The number of fused-ring (bicyclic) bond motifs is 2. The van der Waals surface area contributed by atoms with Gasteiger partial charge in [-0.2, -0.15) is 0 Å². The Morgan fingerprint density at radius 2 is 0.959 bits per heavy atom. The molecule has 2 saturated carbocycles. The van der Waals surface area contributed by atoms with Gasteiger partial charge in [-0.05, 0) is 70.6 Å². The molecule has 8 rings (SSSR count). The molecule has 8 nitrogen and oxygen atoms in total. The third-order valence-electron chi connectivity index (χ3n) is 19.6. The molecule has 12 heteroatoms. The molecule has 0 aromatic carbocycles. The second-order valence-electron chi connectivity index (χ2n) is 26.3. The van der Waals surface area contributed by atoms with Crippen molar-refractivity contribution >= 4 is 76.4 Å². The predicted molar refractivity (Wildman–Crippen MR) is 334 cm³/mol. The number of unbranched alkanes of at least 4 members (excludes halogenated alkanes) is 3. The van der Waals surface area contributed by atoms with Gasteiger partial charge in [-0.3, -0.25) is 4.90 Å². The van der Waals surface area contributed by atoms with Crippen molar-refractivity contribution in [3.8, 4) is 0 Å². The van der Waals surface area contributed by atoms with Crippen LogP contribution in [0.2, 0.25) is 49.6 Å². The van der Waals surface area contributed by atoms with Gasteiger partial charge in [0.25, 0.3) is 0 Å². The SMILES string of the molecule is C.C.CC(C)(C)[Si](C)(C)n1cc(Br)c2cc(C3CCC(N4CCCOCC4)CC3)cnc21.CCC[CH2][Sn]([CH2]CCC)([CH2]CCC)[c]1cn([Si](C)(C)C(C)(C)C)c2ncc(C3CCC(N4CCCOCC4)CC3)cc12. The van der Waals surface area contributed by atoms with E-state index < -0.39 is 34.8 Å². The molecule has 4 aromatic rings. The number of nitrogens with zero attached hydrogens (tertiary/aromatic N) is 6. The Kier molecular flexibility index (Phi) is 24.0. The van der Waals surface area contributed by atoms with Crippen LogP contribution in [-0.2, 0) is 9.47 Å². The fraction of sp³-hybridized carbons (Fsp3) is 0.774. The Morgan fingerprint density at radius 3 is 1.36 bits per heavy atom. The molecule has 0 amide bonds. The van der Waals surface area contributed by atoms with Gasteiger partial charge in [0.15, 0.2) is 8.24 Å². The van der Waals surface area contributed by atoms with Crippen molar-refractivity contribution in [1.29, 1.82) is 0 Å². The van der Waals surface area contributed by atoms with Crippen LogP contribution in [-0.4, -0.2) is 128 Å². The average Bonchev–Trinajstić information content (AvgIpc) is 3.60. The minimum absolute atomic E-state index is 0. The maximum absolute atomic E-state index is 5.76. The number of aromatic nitrogens is 4. The van der Waals surface area contributed by atoms with Crippen molar-refractivity contribution in [2.75, 3.05) is 52.6 Å². The predicted octanol–water partition coefficient (Wildman–Crippen LogP) is 17.4. The van der Waals surface area contributed by atoms with Crippen LogP contribution >= 0.6 is 15.9 Å². The first-order chi connectivity index (χ1) is 34.3. The molecular formula is C62H111BrN6O2Si2Sn. The van der Waals surface area contributed by atoms with Crippen molar-refractivity contribution in [2.45, 2.75) is 253 Å². The molecule has 0 atom stereocenters. The van der Waals surface area contributed by atoms with E-state index in [0.717, 1.165) is 57.2 Å². The summed E-state index contributed by atoms with van der Waals surface area (Å²) >= 11 is 1.17. The first-order valence-electron chi connectivity index (χ1n) is 29.6. The summed E-state index contributed by atoms with van der Waals surface area (Å²) in [6.45, 7) is 40.1. The Balaban J connectivity index is 0.000000280. The third kappa shape index (κ3) is 14.6. The molecule has 4 aromatic heterocycles. The molecule has 420 valence electrons. The number of rotatable bonds is 16. The number of hydrogen-bond acceptors (Lipinski definition) is 6. The topological polar surface area (TPSA) is 60.6 Å². The van der Waals surface area contributed by atoms with Gasteiger partial charge in [-0.15, -0.1) is 0 Å². The molecule has 0 spiro atoms. The van der Waals surface area contributed by atoms with E-state index in [0.29, 0.717) is 11.8 Å². The molecule has 74 heavy (non-hydrogen) atoms. The van der Waals surface area contributed by atoms with Gasteiger partial charge >= 0.3 is 266 Å². The first kappa shape index (κ1) is 63.8. The van der Waals surface area contributed by atoms with Crippen LogP contribution in [0.1, 0.15) is 203 Å². The summed E-state index contributed by atoms with van der Waals surface area (Å²) in [5, 5.41) is 3.42. The Hall–Kier alpha value is -1.07. The summed E-state index contributed by atoms with van der Waals surface area (Å²) < 4.78 is 24.3. The molecule has 0 bridgehead atoms. The molecule has 4 fully saturated rings.